The minimum atomic E-state index is -0.488. The standard InChI is InChI=1S/C8H14N2O3/c1-9(2)8(12)10(3)6-5-7(11)13-4/h5-6H,1-4H3/b6-5+. The van der Waals surface area contributed by atoms with E-state index in [1.165, 1.54) is 29.2 Å². The maximum Gasteiger partial charge on any atom is 0.331 e. The summed E-state index contributed by atoms with van der Waals surface area (Å²) in [6.45, 7) is 0. The van der Waals surface area contributed by atoms with E-state index in [0.717, 1.165) is 0 Å². The lowest BCUT2D eigenvalue weighted by molar-refractivity contribution is -0.134. The maximum atomic E-state index is 11.2. The molecule has 0 aliphatic heterocycles. The van der Waals surface area contributed by atoms with E-state index in [1.54, 1.807) is 21.1 Å². The average molecular weight is 186 g/mol. The van der Waals surface area contributed by atoms with Crippen LogP contribution in [0.25, 0.3) is 0 Å². The molecule has 5 nitrogen and oxygen atoms in total. The lowest BCUT2D eigenvalue weighted by Gasteiger charge is -2.17. The van der Waals surface area contributed by atoms with Gasteiger partial charge in [0.2, 0.25) is 0 Å². The van der Waals surface area contributed by atoms with Crippen molar-refractivity contribution in [2.24, 2.45) is 0 Å². The summed E-state index contributed by atoms with van der Waals surface area (Å²) in [4.78, 5) is 24.5. The Labute approximate surface area is 77.6 Å². The summed E-state index contributed by atoms with van der Waals surface area (Å²) >= 11 is 0. The van der Waals surface area contributed by atoms with E-state index >= 15 is 0 Å². The third kappa shape index (κ3) is 4.15. The number of hydrogen-bond acceptors (Lipinski definition) is 3. The molecule has 5 heteroatoms. The first-order chi connectivity index (χ1) is 5.99. The van der Waals surface area contributed by atoms with E-state index in [2.05, 4.69) is 4.74 Å². The Hall–Kier alpha value is -1.52. The van der Waals surface area contributed by atoms with E-state index in [4.69, 9.17) is 0 Å². The Morgan fingerprint density at radius 2 is 1.77 bits per heavy atom. The number of methoxy groups -OCH3 is 1. The van der Waals surface area contributed by atoms with Crippen molar-refractivity contribution in [2.75, 3.05) is 28.3 Å². The summed E-state index contributed by atoms with van der Waals surface area (Å²) in [5.74, 6) is -0.488. The van der Waals surface area contributed by atoms with Crippen molar-refractivity contribution < 1.29 is 14.3 Å². The second-order valence-corrected chi connectivity index (χ2v) is 2.63. The number of hydrogen-bond donors (Lipinski definition) is 0. The number of esters is 1. The molecule has 0 aromatic rings. The van der Waals surface area contributed by atoms with Crippen molar-refractivity contribution in [3.8, 4) is 0 Å². The first-order valence-corrected chi connectivity index (χ1v) is 3.69. The Kier molecular flexibility index (Phi) is 4.58. The van der Waals surface area contributed by atoms with Gasteiger partial charge in [-0.25, -0.2) is 9.59 Å². The molecule has 0 radical (unpaired) electrons. The van der Waals surface area contributed by atoms with Gasteiger partial charge >= 0.3 is 12.0 Å². The quantitative estimate of drug-likeness (QED) is 0.460. The predicted molar refractivity (Wildman–Crippen MR) is 48.0 cm³/mol. The highest BCUT2D eigenvalue weighted by Gasteiger charge is 2.07. The molecule has 0 atom stereocenters. The minimum Gasteiger partial charge on any atom is -0.466 e. The molecule has 0 rings (SSSR count). The molecule has 0 aliphatic rings. The van der Waals surface area contributed by atoms with Crippen molar-refractivity contribution in [1.82, 2.24) is 9.80 Å². The van der Waals surface area contributed by atoms with Gasteiger partial charge in [-0.3, -0.25) is 0 Å². The second kappa shape index (κ2) is 5.18. The van der Waals surface area contributed by atoms with Crippen LogP contribution in [0.2, 0.25) is 0 Å². The van der Waals surface area contributed by atoms with E-state index in [-0.39, 0.29) is 6.03 Å². The molecule has 13 heavy (non-hydrogen) atoms. The van der Waals surface area contributed by atoms with Gasteiger partial charge in [-0.05, 0) is 0 Å². The van der Waals surface area contributed by atoms with Crippen molar-refractivity contribution >= 4 is 12.0 Å². The van der Waals surface area contributed by atoms with Gasteiger partial charge in [-0.1, -0.05) is 0 Å². The number of carbonyl (C=O) groups is 2. The molecule has 0 spiro atoms. The van der Waals surface area contributed by atoms with Gasteiger partial charge in [0, 0.05) is 33.4 Å². The van der Waals surface area contributed by atoms with Crippen LogP contribution in [-0.4, -0.2) is 50.1 Å². The number of amides is 2. The molecule has 0 heterocycles. The van der Waals surface area contributed by atoms with E-state index in [9.17, 15) is 9.59 Å². The highest BCUT2D eigenvalue weighted by Crippen LogP contribution is 1.92. The van der Waals surface area contributed by atoms with Gasteiger partial charge in [0.1, 0.15) is 0 Å². The summed E-state index contributed by atoms with van der Waals surface area (Å²) in [6, 6.07) is -0.208. The van der Waals surface area contributed by atoms with Gasteiger partial charge in [0.05, 0.1) is 7.11 Å². The number of carbonyl (C=O) groups excluding carboxylic acids is 2. The molecule has 0 aromatic carbocycles. The molecule has 0 saturated carbocycles. The van der Waals surface area contributed by atoms with Crippen LogP contribution in [0.1, 0.15) is 0 Å². The van der Waals surface area contributed by atoms with Gasteiger partial charge < -0.3 is 14.5 Å². The number of rotatable bonds is 2. The normalized spacial score (nSPS) is 9.85. The summed E-state index contributed by atoms with van der Waals surface area (Å²) in [6.07, 6.45) is 2.54. The van der Waals surface area contributed by atoms with Crippen molar-refractivity contribution in [2.45, 2.75) is 0 Å². The fraction of sp³-hybridized carbons (Fsp3) is 0.500. The van der Waals surface area contributed by atoms with Gasteiger partial charge in [0.25, 0.3) is 0 Å². The molecular weight excluding hydrogens is 172 g/mol. The van der Waals surface area contributed by atoms with E-state index < -0.39 is 5.97 Å². The van der Waals surface area contributed by atoms with Crippen LogP contribution in [0.4, 0.5) is 4.79 Å². The van der Waals surface area contributed by atoms with Crippen LogP contribution in [0.3, 0.4) is 0 Å². The third-order valence-electron chi connectivity index (χ3n) is 1.32. The summed E-state index contributed by atoms with van der Waals surface area (Å²) in [7, 11) is 6.10. The van der Waals surface area contributed by atoms with E-state index in [1.807, 2.05) is 0 Å². The highest BCUT2D eigenvalue weighted by atomic mass is 16.5. The molecule has 0 aliphatic carbocycles. The Balaban J connectivity index is 4.14. The monoisotopic (exact) mass is 186 g/mol. The fourth-order valence-corrected chi connectivity index (χ4v) is 0.620. The Bertz CT molecular complexity index is 223. The van der Waals surface area contributed by atoms with E-state index in [0.29, 0.717) is 0 Å². The van der Waals surface area contributed by atoms with Crippen molar-refractivity contribution in [3.05, 3.63) is 12.3 Å². The zero-order valence-corrected chi connectivity index (χ0v) is 8.27. The van der Waals surface area contributed by atoms with Crippen molar-refractivity contribution in [3.63, 3.8) is 0 Å². The molecule has 0 fully saturated rings. The zero-order chi connectivity index (χ0) is 10.4. The first-order valence-electron chi connectivity index (χ1n) is 3.69. The highest BCUT2D eigenvalue weighted by molar-refractivity contribution is 5.83. The van der Waals surface area contributed by atoms with Gasteiger partial charge in [-0.2, -0.15) is 0 Å². The summed E-state index contributed by atoms with van der Waals surface area (Å²) < 4.78 is 4.36. The lowest BCUT2D eigenvalue weighted by atomic mass is 10.6. The largest absolute Gasteiger partial charge is 0.466 e. The minimum absolute atomic E-state index is 0.208. The van der Waals surface area contributed by atoms with Crippen molar-refractivity contribution in [1.29, 1.82) is 0 Å². The summed E-state index contributed by atoms with van der Waals surface area (Å²) in [5.41, 5.74) is 0. The Morgan fingerprint density at radius 3 is 2.15 bits per heavy atom. The molecule has 2 amide bonds. The smallest absolute Gasteiger partial charge is 0.331 e. The predicted octanol–water partition coefficient (Wildman–Crippen LogP) is 0.286. The van der Waals surface area contributed by atoms with Crippen LogP contribution in [0, 0.1) is 0 Å². The lowest BCUT2D eigenvalue weighted by Crippen LogP contribution is -2.32. The summed E-state index contributed by atoms with van der Waals surface area (Å²) in [5, 5.41) is 0. The molecule has 0 unspecified atom stereocenters. The molecule has 0 saturated heterocycles. The zero-order valence-electron chi connectivity index (χ0n) is 8.27. The molecular formula is C8H14N2O3. The van der Waals surface area contributed by atoms with Crippen LogP contribution in [0.15, 0.2) is 12.3 Å². The van der Waals surface area contributed by atoms with Gasteiger partial charge in [-0.15, -0.1) is 0 Å². The fourth-order valence-electron chi connectivity index (χ4n) is 0.620. The first kappa shape index (κ1) is 11.5. The Morgan fingerprint density at radius 1 is 1.23 bits per heavy atom. The second-order valence-electron chi connectivity index (χ2n) is 2.63. The maximum absolute atomic E-state index is 11.2. The number of ether oxygens (including phenoxy) is 1. The average Bonchev–Trinajstić information content (AvgIpc) is 2.11. The number of urea groups is 1. The number of nitrogens with zero attached hydrogens (tertiary/aromatic N) is 2. The van der Waals surface area contributed by atoms with Gasteiger partial charge in [0.15, 0.2) is 0 Å². The van der Waals surface area contributed by atoms with Crippen LogP contribution < -0.4 is 0 Å². The topological polar surface area (TPSA) is 49.9 Å². The molecule has 0 bridgehead atoms. The van der Waals surface area contributed by atoms with Crippen LogP contribution in [0.5, 0.6) is 0 Å². The molecule has 74 valence electrons. The molecule has 0 N–H and O–H groups in total. The SMILES string of the molecule is COC(=O)/C=C/N(C)C(=O)N(C)C. The van der Waals surface area contributed by atoms with Crippen LogP contribution in [-0.2, 0) is 9.53 Å². The molecule has 0 aromatic heterocycles. The van der Waals surface area contributed by atoms with Crippen LogP contribution >= 0.6 is 0 Å². The third-order valence-corrected chi connectivity index (χ3v) is 1.32.